The number of ether oxygens (including phenoxy) is 1. The normalized spacial score (nSPS) is 11.5. The van der Waals surface area contributed by atoms with Crippen LogP contribution >= 0.6 is 0 Å². The maximum absolute atomic E-state index is 11.5. The van der Waals surface area contributed by atoms with Crippen LogP contribution in [0.2, 0.25) is 0 Å². The molecule has 1 aromatic carbocycles. The molecule has 3 N–H and O–H groups in total. The van der Waals surface area contributed by atoms with Crippen LogP contribution in [0.15, 0.2) is 24.3 Å². The lowest BCUT2D eigenvalue weighted by atomic mass is 10.2. The maximum Gasteiger partial charge on any atom is 0.326 e. The van der Waals surface area contributed by atoms with Crippen molar-refractivity contribution in [2.24, 2.45) is 0 Å². The summed E-state index contributed by atoms with van der Waals surface area (Å²) in [5.74, 6) is -0.337. The first-order valence-electron chi connectivity index (χ1n) is 5.97. The third-order valence-electron chi connectivity index (χ3n) is 2.60. The molecule has 0 heterocycles. The molecule has 0 aliphatic carbocycles. The molecule has 0 fully saturated rings. The largest absolute Gasteiger partial charge is 0.497 e. The van der Waals surface area contributed by atoms with Crippen molar-refractivity contribution in [3.63, 3.8) is 0 Å². The van der Waals surface area contributed by atoms with Gasteiger partial charge in [0.2, 0.25) is 0 Å². The summed E-state index contributed by atoms with van der Waals surface area (Å²) in [7, 11) is 1.57. The lowest BCUT2D eigenvalue weighted by Crippen LogP contribution is -2.45. The number of urea groups is 1. The lowest BCUT2D eigenvalue weighted by Gasteiger charge is -2.13. The highest BCUT2D eigenvalue weighted by molar-refractivity contribution is 5.82. The van der Waals surface area contributed by atoms with Gasteiger partial charge in [-0.05, 0) is 24.1 Å². The number of carboxylic acids is 1. The fourth-order valence-corrected chi connectivity index (χ4v) is 1.51. The van der Waals surface area contributed by atoms with E-state index in [-0.39, 0.29) is 0 Å². The number of carbonyl (C=O) groups excluding carboxylic acids is 1. The van der Waals surface area contributed by atoms with Crippen LogP contribution in [0, 0.1) is 0 Å². The van der Waals surface area contributed by atoms with Gasteiger partial charge in [0.15, 0.2) is 0 Å². The van der Waals surface area contributed by atoms with Gasteiger partial charge in [0.25, 0.3) is 0 Å². The number of aliphatic carboxylic acids is 1. The van der Waals surface area contributed by atoms with Gasteiger partial charge < -0.3 is 20.5 Å². The molecule has 0 saturated heterocycles. The number of amides is 2. The number of carbonyl (C=O) groups is 2. The standard InChI is InChI=1S/C13H18N2O4/c1-3-11(12(16)17)15-13(18)14-8-9-5-4-6-10(7-9)19-2/h4-7,11H,3,8H2,1-2H3,(H,16,17)(H2,14,15,18)/t11-/m1/s1. The molecule has 0 radical (unpaired) electrons. The van der Waals surface area contributed by atoms with Crippen molar-refractivity contribution >= 4 is 12.0 Å². The van der Waals surface area contributed by atoms with Gasteiger partial charge in [0, 0.05) is 6.54 Å². The van der Waals surface area contributed by atoms with Crippen LogP contribution in [-0.2, 0) is 11.3 Å². The zero-order valence-electron chi connectivity index (χ0n) is 11.0. The molecule has 1 aromatic rings. The van der Waals surface area contributed by atoms with Crippen LogP contribution in [0.5, 0.6) is 5.75 Å². The van der Waals surface area contributed by atoms with Crippen LogP contribution < -0.4 is 15.4 Å². The van der Waals surface area contributed by atoms with Gasteiger partial charge in [0.05, 0.1) is 7.11 Å². The number of hydrogen-bond donors (Lipinski definition) is 3. The number of nitrogens with one attached hydrogen (secondary N) is 2. The Balaban J connectivity index is 2.47. The molecule has 0 spiro atoms. The first-order chi connectivity index (χ1) is 9.06. The minimum atomic E-state index is -1.04. The molecular weight excluding hydrogens is 248 g/mol. The van der Waals surface area contributed by atoms with E-state index in [2.05, 4.69) is 10.6 Å². The second-order valence-corrected chi connectivity index (χ2v) is 3.98. The van der Waals surface area contributed by atoms with E-state index in [1.807, 2.05) is 12.1 Å². The molecule has 0 aromatic heterocycles. The number of carboxylic acid groups (broad SMARTS) is 1. The van der Waals surface area contributed by atoms with Gasteiger partial charge in [-0.1, -0.05) is 19.1 Å². The Bertz CT molecular complexity index is 448. The molecular formula is C13H18N2O4. The predicted molar refractivity (Wildman–Crippen MR) is 70.1 cm³/mol. The topological polar surface area (TPSA) is 87.7 Å². The van der Waals surface area contributed by atoms with Crippen molar-refractivity contribution in [2.75, 3.05) is 7.11 Å². The molecule has 2 amide bonds. The molecule has 104 valence electrons. The average Bonchev–Trinajstić information content (AvgIpc) is 2.42. The molecule has 0 bridgehead atoms. The van der Waals surface area contributed by atoms with Crippen molar-refractivity contribution in [2.45, 2.75) is 25.9 Å². The van der Waals surface area contributed by atoms with E-state index in [0.29, 0.717) is 18.7 Å². The highest BCUT2D eigenvalue weighted by Gasteiger charge is 2.16. The van der Waals surface area contributed by atoms with Crippen LogP contribution in [0.4, 0.5) is 4.79 Å². The fourth-order valence-electron chi connectivity index (χ4n) is 1.51. The molecule has 1 rings (SSSR count). The van der Waals surface area contributed by atoms with Gasteiger partial charge in [-0.3, -0.25) is 0 Å². The van der Waals surface area contributed by atoms with E-state index < -0.39 is 18.0 Å². The van der Waals surface area contributed by atoms with Gasteiger partial charge in [0.1, 0.15) is 11.8 Å². The summed E-state index contributed by atoms with van der Waals surface area (Å²) in [6.45, 7) is 2.00. The maximum atomic E-state index is 11.5. The molecule has 0 aliphatic heterocycles. The number of hydrogen-bond acceptors (Lipinski definition) is 3. The summed E-state index contributed by atoms with van der Waals surface area (Å²) in [6, 6.07) is 5.90. The van der Waals surface area contributed by atoms with Crippen molar-refractivity contribution in [3.8, 4) is 5.75 Å². The highest BCUT2D eigenvalue weighted by atomic mass is 16.5. The first-order valence-corrected chi connectivity index (χ1v) is 5.97. The Kier molecular flexibility index (Phi) is 5.66. The fraction of sp³-hybridized carbons (Fsp3) is 0.385. The van der Waals surface area contributed by atoms with Crippen LogP contribution in [0.1, 0.15) is 18.9 Å². The van der Waals surface area contributed by atoms with Gasteiger partial charge in [-0.15, -0.1) is 0 Å². The SMILES string of the molecule is CC[C@@H](NC(=O)NCc1cccc(OC)c1)C(=O)O. The van der Waals surface area contributed by atoms with E-state index in [9.17, 15) is 9.59 Å². The predicted octanol–water partition coefficient (Wildman–Crippen LogP) is 1.36. The second-order valence-electron chi connectivity index (χ2n) is 3.98. The Labute approximate surface area is 111 Å². The summed E-state index contributed by atoms with van der Waals surface area (Å²) >= 11 is 0. The summed E-state index contributed by atoms with van der Waals surface area (Å²) in [5, 5.41) is 13.8. The minimum Gasteiger partial charge on any atom is -0.497 e. The Morgan fingerprint density at radius 1 is 1.42 bits per heavy atom. The number of methoxy groups -OCH3 is 1. The Hall–Kier alpha value is -2.24. The summed E-state index contributed by atoms with van der Waals surface area (Å²) in [5.41, 5.74) is 0.873. The first kappa shape index (κ1) is 14.8. The van der Waals surface area contributed by atoms with Gasteiger partial charge in [-0.2, -0.15) is 0 Å². The quantitative estimate of drug-likeness (QED) is 0.725. The summed E-state index contributed by atoms with van der Waals surface area (Å²) < 4.78 is 5.07. The number of benzene rings is 1. The third-order valence-corrected chi connectivity index (χ3v) is 2.60. The van der Waals surface area contributed by atoms with Gasteiger partial charge >= 0.3 is 12.0 Å². The van der Waals surface area contributed by atoms with E-state index in [1.54, 1.807) is 26.2 Å². The zero-order valence-corrected chi connectivity index (χ0v) is 11.0. The third kappa shape index (κ3) is 4.87. The Morgan fingerprint density at radius 3 is 2.74 bits per heavy atom. The summed E-state index contributed by atoms with van der Waals surface area (Å²) in [4.78, 5) is 22.3. The second kappa shape index (κ2) is 7.25. The highest BCUT2D eigenvalue weighted by Crippen LogP contribution is 2.11. The van der Waals surface area contributed by atoms with Crippen molar-refractivity contribution in [1.82, 2.24) is 10.6 Å². The molecule has 0 unspecified atom stereocenters. The molecule has 6 nitrogen and oxygen atoms in total. The smallest absolute Gasteiger partial charge is 0.326 e. The van der Waals surface area contributed by atoms with Crippen molar-refractivity contribution in [1.29, 1.82) is 0 Å². The minimum absolute atomic E-state index is 0.305. The average molecular weight is 266 g/mol. The molecule has 6 heteroatoms. The van der Waals surface area contributed by atoms with Crippen LogP contribution in [0.3, 0.4) is 0 Å². The van der Waals surface area contributed by atoms with Crippen LogP contribution in [-0.4, -0.2) is 30.3 Å². The van der Waals surface area contributed by atoms with E-state index in [1.165, 1.54) is 0 Å². The molecule has 0 aliphatic rings. The number of rotatable bonds is 6. The molecule has 1 atom stereocenters. The zero-order chi connectivity index (χ0) is 14.3. The van der Waals surface area contributed by atoms with Crippen molar-refractivity contribution < 1.29 is 19.4 Å². The van der Waals surface area contributed by atoms with Gasteiger partial charge in [-0.25, -0.2) is 9.59 Å². The molecule has 19 heavy (non-hydrogen) atoms. The lowest BCUT2D eigenvalue weighted by molar-refractivity contribution is -0.139. The Morgan fingerprint density at radius 2 is 2.16 bits per heavy atom. The van der Waals surface area contributed by atoms with Crippen molar-refractivity contribution in [3.05, 3.63) is 29.8 Å². The summed E-state index contributed by atoms with van der Waals surface area (Å²) in [6.07, 6.45) is 0.335. The van der Waals surface area contributed by atoms with E-state index in [4.69, 9.17) is 9.84 Å². The van der Waals surface area contributed by atoms with Crippen LogP contribution in [0.25, 0.3) is 0 Å². The monoisotopic (exact) mass is 266 g/mol. The molecule has 0 saturated carbocycles. The van der Waals surface area contributed by atoms with E-state index >= 15 is 0 Å². The van der Waals surface area contributed by atoms with E-state index in [0.717, 1.165) is 5.56 Å².